The predicted octanol–water partition coefficient (Wildman–Crippen LogP) is 6.90. The lowest BCUT2D eigenvalue weighted by atomic mass is 10.00. The molecule has 1 aliphatic rings. The van der Waals surface area contributed by atoms with Crippen LogP contribution in [0.25, 0.3) is 10.5 Å². The highest BCUT2D eigenvalue weighted by atomic mass is 35.7. The van der Waals surface area contributed by atoms with Crippen molar-refractivity contribution in [1.29, 1.82) is 0 Å². The van der Waals surface area contributed by atoms with Gasteiger partial charge in [-0.1, -0.05) is 64.3 Å². The molecule has 2 nitrogen and oxygen atoms in total. The molecule has 1 unspecified atom stereocenters. The van der Waals surface area contributed by atoms with Gasteiger partial charge < -0.3 is 9.80 Å². The third kappa shape index (κ3) is 4.63. The first-order chi connectivity index (χ1) is 14.9. The monoisotopic (exact) mass is 446 g/mol. The van der Waals surface area contributed by atoms with Gasteiger partial charge in [-0.15, -0.1) is 0 Å². The SMILES string of the molecule is CN(C)c1ccc(C2=CC(c3ccccc3)=S(Cl)C(c3ccc(N(C)C)cc3)=C2)cc1. The number of hydrogen-bond donors (Lipinski definition) is 0. The first-order valence-electron chi connectivity index (χ1n) is 10.3. The highest BCUT2D eigenvalue weighted by Gasteiger charge is 2.18. The van der Waals surface area contributed by atoms with Gasteiger partial charge in [0.1, 0.15) is 0 Å². The lowest BCUT2D eigenvalue weighted by Crippen LogP contribution is -2.08. The van der Waals surface area contributed by atoms with E-state index in [1.807, 2.05) is 6.07 Å². The highest BCUT2D eigenvalue weighted by molar-refractivity contribution is 8.42. The van der Waals surface area contributed by atoms with E-state index in [1.54, 1.807) is 0 Å². The zero-order chi connectivity index (χ0) is 22.0. The zero-order valence-electron chi connectivity index (χ0n) is 18.3. The quantitative estimate of drug-likeness (QED) is 0.393. The molecular weight excluding hydrogens is 420 g/mol. The molecule has 1 aliphatic heterocycles. The molecule has 0 spiro atoms. The van der Waals surface area contributed by atoms with Crippen molar-refractivity contribution >= 4 is 47.1 Å². The van der Waals surface area contributed by atoms with Crippen molar-refractivity contribution in [2.24, 2.45) is 0 Å². The Morgan fingerprint density at radius 2 is 1.10 bits per heavy atom. The van der Waals surface area contributed by atoms with E-state index >= 15 is 0 Å². The molecule has 0 saturated heterocycles. The summed E-state index contributed by atoms with van der Waals surface area (Å²) in [5.41, 5.74) is 7.06. The van der Waals surface area contributed by atoms with Gasteiger partial charge >= 0.3 is 0 Å². The number of rotatable bonds is 5. The van der Waals surface area contributed by atoms with Crippen LogP contribution in [0.5, 0.6) is 0 Å². The largest absolute Gasteiger partial charge is 0.378 e. The number of anilines is 2. The summed E-state index contributed by atoms with van der Waals surface area (Å²) in [4.78, 5) is 6.53. The van der Waals surface area contributed by atoms with Crippen LogP contribution in [0.2, 0.25) is 0 Å². The Morgan fingerprint density at radius 3 is 1.61 bits per heavy atom. The minimum Gasteiger partial charge on any atom is -0.378 e. The number of halogens is 1. The maximum Gasteiger partial charge on any atom is 0.0361 e. The predicted molar refractivity (Wildman–Crippen MR) is 141 cm³/mol. The van der Waals surface area contributed by atoms with Crippen molar-refractivity contribution in [1.82, 2.24) is 0 Å². The van der Waals surface area contributed by atoms with Crippen molar-refractivity contribution < 1.29 is 0 Å². The molecule has 0 N–H and O–H groups in total. The number of benzene rings is 3. The third-order valence-corrected chi connectivity index (χ3v) is 7.88. The molecule has 0 aliphatic carbocycles. The first kappa shape index (κ1) is 21.5. The van der Waals surface area contributed by atoms with Crippen LogP contribution in [0.1, 0.15) is 16.7 Å². The van der Waals surface area contributed by atoms with Crippen LogP contribution in [-0.4, -0.2) is 33.1 Å². The van der Waals surface area contributed by atoms with Crippen molar-refractivity contribution in [3.8, 4) is 0 Å². The lowest BCUT2D eigenvalue weighted by Gasteiger charge is -2.21. The summed E-state index contributed by atoms with van der Waals surface area (Å²) in [5, 5.41) is 0. The summed E-state index contributed by atoms with van der Waals surface area (Å²) in [7, 11) is 14.8. The van der Waals surface area contributed by atoms with Crippen molar-refractivity contribution in [3.63, 3.8) is 0 Å². The van der Waals surface area contributed by atoms with Gasteiger partial charge in [-0.3, -0.25) is 0 Å². The summed E-state index contributed by atoms with van der Waals surface area (Å²) >= 11 is 0. The fraction of sp³-hybridized carbons (Fsp3) is 0.148. The Bertz CT molecular complexity index is 1160. The topological polar surface area (TPSA) is 6.48 Å². The Balaban J connectivity index is 1.84. The molecule has 0 radical (unpaired) electrons. The van der Waals surface area contributed by atoms with Gasteiger partial charge in [-0.2, -0.15) is 0 Å². The van der Waals surface area contributed by atoms with E-state index in [0.717, 1.165) is 15.3 Å². The molecule has 0 saturated carbocycles. The number of nitrogens with zero attached hydrogens (tertiary/aromatic N) is 2. The molecule has 1 atom stereocenters. The molecule has 0 amide bonds. The van der Waals surface area contributed by atoms with Crippen LogP contribution in [0.3, 0.4) is 0 Å². The summed E-state index contributed by atoms with van der Waals surface area (Å²) in [5.74, 6) is 0. The van der Waals surface area contributed by atoms with E-state index in [4.69, 9.17) is 10.7 Å². The van der Waals surface area contributed by atoms with E-state index in [1.165, 1.54) is 28.1 Å². The molecule has 3 aromatic carbocycles. The molecule has 31 heavy (non-hydrogen) atoms. The van der Waals surface area contributed by atoms with E-state index < -0.39 is 9.70 Å². The van der Waals surface area contributed by atoms with Crippen LogP contribution < -0.4 is 9.80 Å². The molecule has 0 fully saturated rings. The minimum absolute atomic E-state index is 0.539. The molecular formula is C27H27ClN2S. The Labute approximate surface area is 192 Å². The van der Waals surface area contributed by atoms with Gasteiger partial charge in [-0.25, -0.2) is 0 Å². The summed E-state index contributed by atoms with van der Waals surface area (Å²) in [6.07, 6.45) is 4.49. The maximum atomic E-state index is 7.10. The summed E-state index contributed by atoms with van der Waals surface area (Å²) in [6.45, 7) is 0. The van der Waals surface area contributed by atoms with Gasteiger partial charge in [0.25, 0.3) is 0 Å². The average molecular weight is 447 g/mol. The third-order valence-electron chi connectivity index (χ3n) is 5.40. The molecule has 4 heteroatoms. The van der Waals surface area contributed by atoms with E-state index in [0.29, 0.717) is 0 Å². The van der Waals surface area contributed by atoms with Crippen LogP contribution in [0.15, 0.2) is 91.0 Å². The second-order valence-corrected chi connectivity index (χ2v) is 10.3. The van der Waals surface area contributed by atoms with Gasteiger partial charge in [0.05, 0.1) is 0 Å². The molecule has 3 aromatic rings. The highest BCUT2D eigenvalue weighted by Crippen LogP contribution is 2.46. The minimum atomic E-state index is -0.539. The molecule has 0 bridgehead atoms. The normalized spacial score (nSPS) is 15.9. The molecule has 158 valence electrons. The van der Waals surface area contributed by atoms with Crippen LogP contribution in [0, 0.1) is 0 Å². The maximum absolute atomic E-state index is 7.10. The van der Waals surface area contributed by atoms with Crippen molar-refractivity contribution in [2.75, 3.05) is 38.0 Å². The number of allylic oxidation sites excluding steroid dienone is 3. The van der Waals surface area contributed by atoms with Crippen LogP contribution >= 0.6 is 20.4 Å². The first-order valence-corrected chi connectivity index (χ1v) is 12.3. The van der Waals surface area contributed by atoms with E-state index in [9.17, 15) is 0 Å². The van der Waals surface area contributed by atoms with E-state index in [-0.39, 0.29) is 0 Å². The summed E-state index contributed by atoms with van der Waals surface area (Å²) in [6, 6.07) is 27.8. The van der Waals surface area contributed by atoms with Gasteiger partial charge in [0.15, 0.2) is 0 Å². The molecule has 4 rings (SSSR count). The number of hydrogen-bond acceptors (Lipinski definition) is 2. The second kappa shape index (κ2) is 9.17. The Kier molecular flexibility index (Phi) is 6.35. The fourth-order valence-corrected chi connectivity index (χ4v) is 5.75. The van der Waals surface area contributed by atoms with Crippen LogP contribution in [-0.2, 0) is 0 Å². The smallest absolute Gasteiger partial charge is 0.0361 e. The van der Waals surface area contributed by atoms with Gasteiger partial charge in [0.2, 0.25) is 0 Å². The van der Waals surface area contributed by atoms with E-state index in [2.05, 4.69) is 123 Å². The average Bonchev–Trinajstić information content (AvgIpc) is 2.80. The Hall–Kier alpha value is -2.75. The van der Waals surface area contributed by atoms with Crippen LogP contribution in [0.4, 0.5) is 11.4 Å². The van der Waals surface area contributed by atoms with Crippen molar-refractivity contribution in [3.05, 3.63) is 108 Å². The fourth-order valence-electron chi connectivity index (χ4n) is 3.56. The van der Waals surface area contributed by atoms with Gasteiger partial charge in [-0.05, 0) is 69.4 Å². The standard InChI is InChI=1S/C27H27ClN2S/c1-29(2)24-14-10-20(11-15-24)23-18-26(21-8-6-5-7-9-21)31(28)27(19-23)22-12-16-25(17-13-22)30(3)4/h5-19H,1-4H3. The van der Waals surface area contributed by atoms with Gasteiger partial charge in [0, 0.05) is 49.3 Å². The summed E-state index contributed by atoms with van der Waals surface area (Å²) < 4.78 is 0. The second-order valence-electron chi connectivity index (χ2n) is 7.98. The lowest BCUT2D eigenvalue weighted by molar-refractivity contribution is 1.13. The molecule has 1 heterocycles. The zero-order valence-corrected chi connectivity index (χ0v) is 19.9. The Morgan fingerprint density at radius 1 is 0.581 bits per heavy atom. The molecule has 0 aromatic heterocycles. The van der Waals surface area contributed by atoms with Crippen molar-refractivity contribution in [2.45, 2.75) is 0 Å².